The van der Waals surface area contributed by atoms with Crippen LogP contribution in [0.2, 0.25) is 0 Å². The van der Waals surface area contributed by atoms with Crippen LogP contribution in [0, 0.1) is 0 Å². The Morgan fingerprint density at radius 1 is 1.50 bits per heavy atom. The third-order valence-corrected chi connectivity index (χ3v) is 1.49. The van der Waals surface area contributed by atoms with Gasteiger partial charge in [0.25, 0.3) is 0 Å². The van der Waals surface area contributed by atoms with Crippen LogP contribution in [-0.4, -0.2) is 34.8 Å². The van der Waals surface area contributed by atoms with Gasteiger partial charge in [0.15, 0.2) is 0 Å². The van der Waals surface area contributed by atoms with Gasteiger partial charge in [-0.05, 0) is 0 Å². The van der Waals surface area contributed by atoms with Crippen molar-refractivity contribution in [2.75, 3.05) is 6.54 Å². The molecule has 0 aromatic heterocycles. The molecule has 0 aromatic carbocycles. The second-order valence-corrected chi connectivity index (χ2v) is 2.50. The molecule has 3 nitrogen and oxygen atoms in total. The van der Waals surface area contributed by atoms with Crippen LogP contribution >= 0.6 is 0 Å². The molecule has 0 rings (SSSR count). The zero-order chi connectivity index (χ0) is 7.98. The van der Waals surface area contributed by atoms with Gasteiger partial charge in [-0.2, -0.15) is 0 Å². The van der Waals surface area contributed by atoms with E-state index >= 15 is 0 Å². The molecule has 0 aliphatic rings. The summed E-state index contributed by atoms with van der Waals surface area (Å²) in [6.45, 7) is 0.685. The summed E-state index contributed by atoms with van der Waals surface area (Å²) in [5.41, 5.74) is 10.7. The molecule has 0 heterocycles. The van der Waals surface area contributed by atoms with Crippen molar-refractivity contribution >= 4 is 22.2 Å². The van der Waals surface area contributed by atoms with Crippen molar-refractivity contribution in [2.45, 2.75) is 25.3 Å². The molecule has 0 saturated carbocycles. The van der Waals surface area contributed by atoms with Gasteiger partial charge < -0.3 is 0 Å². The van der Waals surface area contributed by atoms with E-state index in [1.54, 1.807) is 0 Å². The van der Waals surface area contributed by atoms with Crippen molar-refractivity contribution in [3.8, 4) is 0 Å². The van der Waals surface area contributed by atoms with Crippen LogP contribution in [0.25, 0.3) is 0 Å². The maximum atomic E-state index is 10.6. The van der Waals surface area contributed by atoms with Crippen molar-refractivity contribution in [2.24, 2.45) is 11.5 Å². The summed E-state index contributed by atoms with van der Waals surface area (Å²) < 4.78 is 0.0667. The Morgan fingerprint density at radius 3 is 2.50 bits per heavy atom. The van der Waals surface area contributed by atoms with E-state index in [4.69, 9.17) is 11.5 Å². The Bertz CT molecular complexity index is 108. The zero-order valence-corrected chi connectivity index (χ0v) is 6.47. The number of rotatable bonds is 5. The molecule has 0 aromatic rings. The van der Waals surface area contributed by atoms with Gasteiger partial charge in [-0.15, -0.1) is 0 Å². The number of nitrogens with two attached hydrogens (primary N) is 2. The first-order chi connectivity index (χ1) is 4.68. The Labute approximate surface area is 70.7 Å². The number of carbonyl (C=O) groups excluding carboxylic acids is 1. The Kier molecular flexibility index (Phi) is 6.05. The first kappa shape index (κ1) is 10.2. The SMILES string of the molecule is [Li][C](=O)[C@@H](N)CCCCN. The summed E-state index contributed by atoms with van der Waals surface area (Å²) in [5, 5.41) is 0. The zero-order valence-electron chi connectivity index (χ0n) is 6.47. The molecule has 0 spiro atoms. The van der Waals surface area contributed by atoms with E-state index in [2.05, 4.69) is 0 Å². The van der Waals surface area contributed by atoms with Gasteiger partial charge in [0.1, 0.15) is 0 Å². The van der Waals surface area contributed by atoms with E-state index in [-0.39, 0.29) is 10.5 Å². The molecule has 10 heavy (non-hydrogen) atoms. The van der Waals surface area contributed by atoms with Gasteiger partial charge in [-0.3, -0.25) is 0 Å². The number of hydrogen-bond acceptors (Lipinski definition) is 3. The summed E-state index contributed by atoms with van der Waals surface area (Å²) in [5.74, 6) is 0. The molecule has 1 atom stereocenters. The molecule has 0 bridgehead atoms. The van der Waals surface area contributed by atoms with Crippen LogP contribution < -0.4 is 11.5 Å². The standard InChI is InChI=1S/C6H13N2O.Li/c7-4-2-1-3-6(8)5-9;/h6H,1-4,7-8H2;/t6-;/m0./s1. The quantitative estimate of drug-likeness (QED) is 0.381. The van der Waals surface area contributed by atoms with Crippen LogP contribution in [0.4, 0.5) is 0 Å². The van der Waals surface area contributed by atoms with Crippen molar-refractivity contribution < 1.29 is 4.79 Å². The van der Waals surface area contributed by atoms with Crippen LogP contribution in [0.5, 0.6) is 0 Å². The number of unbranched alkanes of at least 4 members (excludes halogenated alkanes) is 1. The van der Waals surface area contributed by atoms with E-state index in [0.717, 1.165) is 19.3 Å². The monoisotopic (exact) mass is 136 g/mol. The molecule has 0 unspecified atom stereocenters. The molecule has 0 radical (unpaired) electrons. The van der Waals surface area contributed by atoms with Gasteiger partial charge >= 0.3 is 70.3 Å². The van der Waals surface area contributed by atoms with Gasteiger partial charge in [0, 0.05) is 0 Å². The van der Waals surface area contributed by atoms with Gasteiger partial charge in [-0.1, -0.05) is 0 Å². The third kappa shape index (κ3) is 5.01. The van der Waals surface area contributed by atoms with Crippen molar-refractivity contribution in [3.05, 3.63) is 0 Å². The van der Waals surface area contributed by atoms with E-state index < -0.39 is 0 Å². The second-order valence-electron chi connectivity index (χ2n) is 2.50. The molecular formula is C6H13LiN2O. The summed E-state index contributed by atoms with van der Waals surface area (Å²) >= 11 is 1.52. The molecule has 0 saturated heterocycles. The summed E-state index contributed by atoms with van der Waals surface area (Å²) in [7, 11) is 0. The van der Waals surface area contributed by atoms with Gasteiger partial charge in [-0.25, -0.2) is 0 Å². The molecule has 4 N–H and O–H groups in total. The maximum absolute atomic E-state index is 10.6. The summed E-state index contributed by atoms with van der Waals surface area (Å²) in [4.78, 5) is 10.6. The number of carbonyl (C=O) groups is 1. The normalized spacial score (nSPS) is 13.2. The molecular weight excluding hydrogens is 123 g/mol. The fourth-order valence-corrected chi connectivity index (χ4v) is 0.712. The van der Waals surface area contributed by atoms with Gasteiger partial charge in [0.05, 0.1) is 0 Å². The minimum atomic E-state index is -0.272. The molecule has 0 aliphatic heterocycles. The third-order valence-electron chi connectivity index (χ3n) is 1.49. The van der Waals surface area contributed by atoms with E-state index in [9.17, 15) is 4.79 Å². The van der Waals surface area contributed by atoms with Crippen LogP contribution in [0.1, 0.15) is 19.3 Å². The van der Waals surface area contributed by atoms with E-state index in [1.807, 2.05) is 0 Å². The average Bonchev–Trinajstić information content (AvgIpc) is 1.88. The molecule has 0 amide bonds. The van der Waals surface area contributed by atoms with Gasteiger partial charge in [0.2, 0.25) is 0 Å². The second kappa shape index (κ2) is 5.93. The topological polar surface area (TPSA) is 69.1 Å². The van der Waals surface area contributed by atoms with Crippen molar-refractivity contribution in [1.29, 1.82) is 0 Å². The first-order valence-electron chi connectivity index (χ1n) is 3.64. The summed E-state index contributed by atoms with van der Waals surface area (Å²) in [6.07, 6.45) is 2.69. The molecule has 0 fully saturated rings. The average molecular weight is 136 g/mol. The fourth-order valence-electron chi connectivity index (χ4n) is 0.712. The van der Waals surface area contributed by atoms with Crippen LogP contribution in [-0.2, 0) is 4.79 Å². The molecule has 0 aliphatic carbocycles. The summed E-state index contributed by atoms with van der Waals surface area (Å²) in [6, 6.07) is -0.272. The van der Waals surface area contributed by atoms with Crippen molar-refractivity contribution in [1.82, 2.24) is 0 Å². The Balaban J connectivity index is 3.21. The Morgan fingerprint density at radius 2 is 2.10 bits per heavy atom. The van der Waals surface area contributed by atoms with E-state index in [0.29, 0.717) is 6.54 Å². The van der Waals surface area contributed by atoms with E-state index in [1.165, 1.54) is 17.7 Å². The van der Waals surface area contributed by atoms with Crippen LogP contribution in [0.15, 0.2) is 0 Å². The predicted molar refractivity (Wildman–Crippen MR) is 41.6 cm³/mol. The molecule has 54 valence electrons. The molecule has 4 heteroatoms. The number of hydrogen-bond donors (Lipinski definition) is 2. The first-order valence-corrected chi connectivity index (χ1v) is 3.64. The van der Waals surface area contributed by atoms with Crippen LogP contribution in [0.3, 0.4) is 0 Å². The van der Waals surface area contributed by atoms with Crippen molar-refractivity contribution in [3.63, 3.8) is 0 Å². The minimum absolute atomic E-state index is 0.0667. The predicted octanol–water partition coefficient (Wildman–Crippen LogP) is -0.862. The fraction of sp³-hybridized carbons (Fsp3) is 0.833. The Hall–Kier alpha value is 0.187.